The summed E-state index contributed by atoms with van der Waals surface area (Å²) >= 11 is 0. The summed E-state index contributed by atoms with van der Waals surface area (Å²) in [5.74, 6) is 6.37. The van der Waals surface area contributed by atoms with E-state index in [-0.39, 0.29) is 0 Å². The van der Waals surface area contributed by atoms with Crippen molar-refractivity contribution in [1.29, 1.82) is 0 Å². The van der Waals surface area contributed by atoms with E-state index in [1.807, 2.05) is 11.9 Å². The summed E-state index contributed by atoms with van der Waals surface area (Å²) in [6, 6.07) is 0. The normalized spacial score (nSPS) is 20.5. The lowest BCUT2D eigenvalue weighted by Crippen LogP contribution is -2.26. The van der Waals surface area contributed by atoms with Gasteiger partial charge in [-0.15, -0.1) is 0 Å². The van der Waals surface area contributed by atoms with Gasteiger partial charge in [-0.25, -0.2) is 5.84 Å². The molecule has 1 rings (SSSR count). The molecule has 0 radical (unpaired) electrons. The second-order valence-corrected chi connectivity index (χ2v) is 2.03. The van der Waals surface area contributed by atoms with Crippen molar-refractivity contribution in [3.05, 3.63) is 12.4 Å². The highest BCUT2D eigenvalue weighted by Crippen LogP contribution is 2.07. The van der Waals surface area contributed by atoms with Gasteiger partial charge in [0.05, 0.1) is 6.54 Å². The predicted molar refractivity (Wildman–Crippen MR) is 32.7 cm³/mol. The van der Waals surface area contributed by atoms with Crippen LogP contribution >= 0.6 is 0 Å². The quantitative estimate of drug-likeness (QED) is 0.433. The van der Waals surface area contributed by atoms with Crippen molar-refractivity contribution < 1.29 is 0 Å². The van der Waals surface area contributed by atoms with Crippen LogP contribution in [-0.2, 0) is 0 Å². The molecule has 3 heteroatoms. The number of nitrogens with zero attached hydrogens (tertiary/aromatic N) is 2. The minimum absolute atomic E-state index is 0.898. The Kier molecular flexibility index (Phi) is 1.13. The van der Waals surface area contributed by atoms with Crippen LogP contribution in [0.1, 0.15) is 0 Å². The SMILES string of the molecule is C=C1N(C)CCN1N. The number of nitrogens with two attached hydrogens (primary N) is 1. The van der Waals surface area contributed by atoms with Gasteiger partial charge < -0.3 is 4.90 Å². The van der Waals surface area contributed by atoms with Gasteiger partial charge >= 0.3 is 0 Å². The molecule has 0 aromatic rings. The summed E-state index contributed by atoms with van der Waals surface area (Å²) in [6.07, 6.45) is 0. The molecule has 0 aliphatic carbocycles. The van der Waals surface area contributed by atoms with Gasteiger partial charge in [-0.3, -0.25) is 5.01 Å². The summed E-state index contributed by atoms with van der Waals surface area (Å²) in [6.45, 7) is 5.64. The Morgan fingerprint density at radius 2 is 2.25 bits per heavy atom. The minimum Gasteiger partial charge on any atom is -0.359 e. The Bertz CT molecular complexity index is 98.2. The van der Waals surface area contributed by atoms with Crippen LogP contribution in [0.4, 0.5) is 0 Å². The minimum atomic E-state index is 0.898. The van der Waals surface area contributed by atoms with E-state index in [1.165, 1.54) is 0 Å². The van der Waals surface area contributed by atoms with Crippen molar-refractivity contribution in [2.24, 2.45) is 5.84 Å². The summed E-state index contributed by atoms with van der Waals surface area (Å²) in [5.41, 5.74) is 0. The van der Waals surface area contributed by atoms with Crippen molar-refractivity contribution >= 4 is 0 Å². The van der Waals surface area contributed by atoms with Crippen molar-refractivity contribution in [2.75, 3.05) is 20.1 Å². The summed E-state index contributed by atoms with van der Waals surface area (Å²) in [7, 11) is 1.98. The van der Waals surface area contributed by atoms with E-state index in [4.69, 9.17) is 5.84 Å². The molecule has 1 aliphatic heterocycles. The van der Waals surface area contributed by atoms with Crippen molar-refractivity contribution in [1.82, 2.24) is 9.91 Å². The highest BCUT2D eigenvalue weighted by Gasteiger charge is 2.14. The second kappa shape index (κ2) is 1.67. The first-order valence-electron chi connectivity index (χ1n) is 2.64. The average Bonchev–Trinajstić information content (AvgIpc) is 1.98. The fourth-order valence-corrected chi connectivity index (χ4v) is 0.735. The lowest BCUT2D eigenvalue weighted by Gasteiger charge is -2.14. The second-order valence-electron chi connectivity index (χ2n) is 2.03. The molecule has 0 aromatic heterocycles. The Morgan fingerprint density at radius 1 is 1.62 bits per heavy atom. The van der Waals surface area contributed by atoms with Crippen LogP contribution in [0.2, 0.25) is 0 Å². The zero-order chi connectivity index (χ0) is 6.15. The summed E-state index contributed by atoms with van der Waals surface area (Å²) in [5, 5.41) is 1.65. The number of hydrazine groups is 1. The molecule has 0 spiro atoms. The maximum Gasteiger partial charge on any atom is 0.111 e. The number of likely N-dealkylation sites (N-methyl/N-ethyl adjacent to an activating group) is 1. The van der Waals surface area contributed by atoms with Gasteiger partial charge in [0.25, 0.3) is 0 Å². The summed E-state index contributed by atoms with van der Waals surface area (Å²) < 4.78 is 0. The van der Waals surface area contributed by atoms with Crippen LogP contribution in [0.25, 0.3) is 0 Å². The molecule has 0 atom stereocenters. The maximum atomic E-state index is 5.46. The van der Waals surface area contributed by atoms with Crippen LogP contribution in [0, 0.1) is 0 Å². The molecule has 0 saturated carbocycles. The summed E-state index contributed by atoms with van der Waals surface area (Å²) in [4.78, 5) is 2.03. The first kappa shape index (κ1) is 5.44. The molecule has 1 aliphatic rings. The molecule has 3 nitrogen and oxygen atoms in total. The van der Waals surface area contributed by atoms with Crippen molar-refractivity contribution in [3.8, 4) is 0 Å². The maximum absolute atomic E-state index is 5.46. The lowest BCUT2D eigenvalue weighted by atomic mass is 10.6. The third-order valence-electron chi connectivity index (χ3n) is 1.45. The number of hydrogen-bond donors (Lipinski definition) is 1. The molecule has 46 valence electrons. The first-order valence-corrected chi connectivity index (χ1v) is 2.64. The van der Waals surface area contributed by atoms with E-state index in [1.54, 1.807) is 5.01 Å². The van der Waals surface area contributed by atoms with Gasteiger partial charge in [0.2, 0.25) is 0 Å². The van der Waals surface area contributed by atoms with E-state index in [2.05, 4.69) is 6.58 Å². The molecule has 1 saturated heterocycles. The Balaban J connectivity index is 2.57. The molecule has 0 bridgehead atoms. The number of hydrogen-bond acceptors (Lipinski definition) is 3. The van der Waals surface area contributed by atoms with Gasteiger partial charge in [0.1, 0.15) is 5.82 Å². The van der Waals surface area contributed by atoms with E-state index >= 15 is 0 Å². The molecule has 2 N–H and O–H groups in total. The Morgan fingerprint density at radius 3 is 2.38 bits per heavy atom. The molecular formula is C5H11N3. The van der Waals surface area contributed by atoms with Crippen LogP contribution in [-0.4, -0.2) is 30.0 Å². The molecule has 0 unspecified atom stereocenters. The number of rotatable bonds is 0. The largest absolute Gasteiger partial charge is 0.359 e. The van der Waals surface area contributed by atoms with Gasteiger partial charge in [-0.1, -0.05) is 6.58 Å². The topological polar surface area (TPSA) is 32.5 Å². The predicted octanol–water partition coefficient (Wildman–Crippen LogP) is -0.421. The van der Waals surface area contributed by atoms with Gasteiger partial charge in [0, 0.05) is 13.6 Å². The zero-order valence-electron chi connectivity index (χ0n) is 5.09. The fraction of sp³-hybridized carbons (Fsp3) is 0.600. The Hall–Kier alpha value is -0.700. The average molecular weight is 113 g/mol. The van der Waals surface area contributed by atoms with Crippen LogP contribution < -0.4 is 5.84 Å². The molecule has 1 heterocycles. The lowest BCUT2D eigenvalue weighted by molar-refractivity contribution is 0.382. The highest BCUT2D eigenvalue weighted by atomic mass is 15.5. The van der Waals surface area contributed by atoms with Crippen LogP contribution in [0.5, 0.6) is 0 Å². The Labute approximate surface area is 49.3 Å². The monoisotopic (exact) mass is 113 g/mol. The zero-order valence-corrected chi connectivity index (χ0v) is 5.09. The van der Waals surface area contributed by atoms with Gasteiger partial charge in [0.15, 0.2) is 0 Å². The van der Waals surface area contributed by atoms with Crippen molar-refractivity contribution in [2.45, 2.75) is 0 Å². The first-order chi connectivity index (χ1) is 3.72. The molecule has 1 fully saturated rings. The molecule has 8 heavy (non-hydrogen) atoms. The highest BCUT2D eigenvalue weighted by molar-refractivity contribution is 4.95. The fourth-order valence-electron chi connectivity index (χ4n) is 0.735. The van der Waals surface area contributed by atoms with Crippen LogP contribution in [0.3, 0.4) is 0 Å². The van der Waals surface area contributed by atoms with Gasteiger partial charge in [-0.05, 0) is 0 Å². The van der Waals surface area contributed by atoms with E-state index in [0.717, 1.165) is 18.9 Å². The third kappa shape index (κ3) is 0.648. The smallest absolute Gasteiger partial charge is 0.111 e. The van der Waals surface area contributed by atoms with E-state index in [9.17, 15) is 0 Å². The van der Waals surface area contributed by atoms with E-state index < -0.39 is 0 Å². The van der Waals surface area contributed by atoms with E-state index in [0.29, 0.717) is 0 Å². The van der Waals surface area contributed by atoms with Gasteiger partial charge in [-0.2, -0.15) is 0 Å². The molecule has 0 amide bonds. The van der Waals surface area contributed by atoms with Crippen molar-refractivity contribution in [3.63, 3.8) is 0 Å². The third-order valence-corrected chi connectivity index (χ3v) is 1.45. The molecule has 0 aromatic carbocycles. The standard InChI is InChI=1S/C5H11N3/c1-5-7(2)3-4-8(5)6/h1,3-4,6H2,2H3. The van der Waals surface area contributed by atoms with Crippen LogP contribution in [0.15, 0.2) is 12.4 Å². The molecular weight excluding hydrogens is 102 g/mol.